The molecule has 0 aliphatic carbocycles. The minimum atomic E-state index is -2.47. The fraction of sp³-hybridized carbons (Fsp3) is 0.346. The molecule has 1 N–H and O–H groups in total. The lowest BCUT2D eigenvalue weighted by Gasteiger charge is -2.31. The fourth-order valence-corrected chi connectivity index (χ4v) is 4.21. The number of carbonyl (C=O) groups excluding carboxylic acids is 3. The Morgan fingerprint density at radius 3 is 2.88 bits per heavy atom. The zero-order valence-corrected chi connectivity index (χ0v) is 18.5. The van der Waals surface area contributed by atoms with Crippen LogP contribution in [0.3, 0.4) is 0 Å². The van der Waals surface area contributed by atoms with Gasteiger partial charge in [-0.15, -0.1) is 0 Å². The van der Waals surface area contributed by atoms with Crippen LogP contribution in [0.4, 0.5) is 0 Å². The molecule has 1 unspecified atom stereocenters. The van der Waals surface area contributed by atoms with Crippen LogP contribution in [-0.4, -0.2) is 53.3 Å². The smallest absolute Gasteiger partial charge is 0.255 e. The molecule has 0 bridgehead atoms. The Hall–Kier alpha value is -3.65. The largest absolute Gasteiger partial charge is 0.489 e. The first kappa shape index (κ1) is 16.9. The first-order valence-electron chi connectivity index (χ1n) is 13.5. The minimum absolute atomic E-state index is 0.0327. The molecule has 8 heteroatoms. The topological polar surface area (TPSA) is 88.2 Å². The van der Waals surface area contributed by atoms with Crippen molar-refractivity contribution >= 4 is 17.7 Å². The van der Waals surface area contributed by atoms with Gasteiger partial charge in [0, 0.05) is 29.9 Å². The van der Waals surface area contributed by atoms with Crippen LogP contribution in [0, 0.1) is 0 Å². The van der Waals surface area contributed by atoms with Crippen molar-refractivity contribution in [3.8, 4) is 5.75 Å². The first-order chi connectivity index (χ1) is 18.5. The van der Waals surface area contributed by atoms with Gasteiger partial charge in [0.25, 0.3) is 5.91 Å². The number of piperidine rings is 1. The molecule has 8 nitrogen and oxygen atoms in total. The molecule has 2 saturated heterocycles. The third kappa shape index (κ3) is 4.41. The number of carbonyl (C=O) groups is 3. The summed E-state index contributed by atoms with van der Waals surface area (Å²) in [6.07, 6.45) is 1.04. The van der Waals surface area contributed by atoms with Gasteiger partial charge in [0.2, 0.25) is 11.8 Å². The summed E-state index contributed by atoms with van der Waals surface area (Å²) in [6, 6.07) is 4.46. The summed E-state index contributed by atoms with van der Waals surface area (Å²) in [5, 5.41) is 2.70. The van der Waals surface area contributed by atoms with E-state index in [9.17, 15) is 14.4 Å². The van der Waals surface area contributed by atoms with Crippen LogP contribution in [-0.2, 0) is 34.0 Å². The highest BCUT2D eigenvalue weighted by atomic mass is 16.5. The molecule has 3 aliphatic rings. The number of morpholine rings is 1. The Morgan fingerprint density at radius 2 is 2.06 bits per heavy atom. The van der Waals surface area contributed by atoms with Gasteiger partial charge in [0.1, 0.15) is 25.0 Å². The molecule has 2 aromatic rings. The van der Waals surface area contributed by atoms with E-state index in [1.807, 2.05) is 0 Å². The molecule has 3 heterocycles. The normalized spacial score (nSPS) is 22.9. The van der Waals surface area contributed by atoms with Crippen molar-refractivity contribution < 1.29 is 30.7 Å². The van der Waals surface area contributed by atoms with E-state index in [2.05, 4.69) is 11.9 Å². The van der Waals surface area contributed by atoms with Gasteiger partial charge in [0.05, 0.1) is 20.0 Å². The van der Waals surface area contributed by atoms with Crippen LogP contribution in [0.15, 0.2) is 54.7 Å². The lowest BCUT2D eigenvalue weighted by Crippen LogP contribution is -2.49. The number of hydrogen-bond acceptors (Lipinski definition) is 5. The SMILES string of the molecule is [2H]c1cc(COc2cccc3c2CN(C2CCC(=C)NC2=O)C3=O)c([2H])c([2H])c1C([2H])([2H])N1CCOCC1=O. The molecule has 176 valence electrons. The predicted octanol–water partition coefficient (Wildman–Crippen LogP) is 2.37. The van der Waals surface area contributed by atoms with Gasteiger partial charge in [-0.3, -0.25) is 14.4 Å². The fourth-order valence-electron chi connectivity index (χ4n) is 4.21. The second-order valence-electron chi connectivity index (χ2n) is 8.30. The van der Waals surface area contributed by atoms with Crippen molar-refractivity contribution in [1.82, 2.24) is 15.1 Å². The molecule has 3 aliphatic heterocycles. The molecule has 0 radical (unpaired) electrons. The summed E-state index contributed by atoms with van der Waals surface area (Å²) >= 11 is 0. The molecule has 2 fully saturated rings. The monoisotopic (exact) mass is 466 g/mol. The highest BCUT2D eigenvalue weighted by Crippen LogP contribution is 2.34. The van der Waals surface area contributed by atoms with Gasteiger partial charge in [-0.1, -0.05) is 36.8 Å². The van der Waals surface area contributed by atoms with Gasteiger partial charge in [0.15, 0.2) is 0 Å². The molecule has 5 rings (SSSR count). The number of fused-ring (bicyclic) bond motifs is 1. The second kappa shape index (κ2) is 9.30. The van der Waals surface area contributed by atoms with Crippen LogP contribution in [0.2, 0.25) is 0 Å². The van der Waals surface area contributed by atoms with E-state index in [4.69, 9.17) is 16.3 Å². The first-order valence-corrected chi connectivity index (χ1v) is 11.0. The maximum Gasteiger partial charge on any atom is 0.255 e. The molecule has 0 saturated carbocycles. The summed E-state index contributed by atoms with van der Waals surface area (Å²) in [6.45, 7) is 1.09. The van der Waals surface area contributed by atoms with Crippen molar-refractivity contribution in [2.75, 3.05) is 19.8 Å². The van der Waals surface area contributed by atoms with Crippen LogP contribution in [0.25, 0.3) is 0 Å². The number of rotatable bonds is 6. The predicted molar refractivity (Wildman–Crippen MR) is 124 cm³/mol. The molecular formula is C26H27N3O5. The van der Waals surface area contributed by atoms with E-state index < -0.39 is 24.5 Å². The minimum Gasteiger partial charge on any atom is -0.489 e. The van der Waals surface area contributed by atoms with E-state index in [1.165, 1.54) is 11.0 Å². The number of nitrogens with zero attached hydrogens (tertiary/aromatic N) is 2. The number of hydrogen-bond donors (Lipinski definition) is 1. The third-order valence-electron chi connectivity index (χ3n) is 6.01. The Morgan fingerprint density at radius 1 is 1.21 bits per heavy atom. The van der Waals surface area contributed by atoms with Crippen molar-refractivity contribution in [2.45, 2.75) is 38.5 Å². The van der Waals surface area contributed by atoms with Gasteiger partial charge < -0.3 is 24.6 Å². The highest BCUT2D eigenvalue weighted by molar-refractivity contribution is 6.02. The van der Waals surface area contributed by atoms with Crippen molar-refractivity contribution in [3.63, 3.8) is 0 Å². The third-order valence-corrected chi connectivity index (χ3v) is 6.01. The van der Waals surface area contributed by atoms with Crippen molar-refractivity contribution in [1.29, 1.82) is 0 Å². The lowest BCUT2D eigenvalue weighted by atomic mass is 10.0. The van der Waals surface area contributed by atoms with Crippen molar-refractivity contribution in [2.24, 2.45) is 0 Å². The molecule has 0 spiro atoms. The van der Waals surface area contributed by atoms with E-state index in [0.29, 0.717) is 35.4 Å². The summed E-state index contributed by atoms with van der Waals surface area (Å²) in [5.41, 5.74) is 1.44. The van der Waals surface area contributed by atoms with E-state index in [1.54, 1.807) is 18.2 Å². The van der Waals surface area contributed by atoms with Crippen LogP contribution >= 0.6 is 0 Å². The number of amides is 3. The molecule has 3 amide bonds. The maximum atomic E-state index is 13.1. The zero-order chi connectivity index (χ0) is 28.1. The lowest BCUT2D eigenvalue weighted by molar-refractivity contribution is -0.143. The number of allylic oxidation sites excluding steroid dienone is 1. The summed E-state index contributed by atoms with van der Waals surface area (Å²) in [4.78, 5) is 40.3. The molecular weight excluding hydrogens is 434 g/mol. The van der Waals surface area contributed by atoms with E-state index in [-0.39, 0.29) is 67.9 Å². The van der Waals surface area contributed by atoms with Crippen molar-refractivity contribution in [3.05, 3.63) is 76.9 Å². The van der Waals surface area contributed by atoms with Gasteiger partial charge in [-0.2, -0.15) is 0 Å². The molecule has 0 aromatic heterocycles. The van der Waals surface area contributed by atoms with Gasteiger partial charge in [-0.05, 0) is 36.1 Å². The van der Waals surface area contributed by atoms with Crippen LogP contribution in [0.1, 0.15) is 46.7 Å². The molecule has 34 heavy (non-hydrogen) atoms. The standard InChI is InChI=1S/C26H27N3O5/c1-17-5-10-22(25(31)27-17)29-14-21-20(26(29)32)3-2-4-23(21)34-15-19-8-6-18(7-9-19)13-28-11-12-33-16-24(28)30/h2-4,6-9,22H,1,5,10-16H2,(H,27,31)/i6D,7D,8D,13D2. The molecule has 2 aromatic carbocycles. The van der Waals surface area contributed by atoms with Gasteiger partial charge in [-0.25, -0.2) is 0 Å². The maximum absolute atomic E-state index is 13.1. The van der Waals surface area contributed by atoms with Gasteiger partial charge >= 0.3 is 0 Å². The second-order valence-corrected chi connectivity index (χ2v) is 8.30. The quantitative estimate of drug-likeness (QED) is 0.706. The number of benzene rings is 2. The Labute approximate surface area is 205 Å². The summed E-state index contributed by atoms with van der Waals surface area (Å²) < 4.78 is 53.4. The Kier molecular flexibility index (Phi) is 4.62. The van der Waals surface area contributed by atoms with E-state index in [0.717, 1.165) is 4.90 Å². The Bertz CT molecular complexity index is 1400. The number of ether oxygens (including phenoxy) is 2. The van der Waals surface area contributed by atoms with Crippen LogP contribution in [0.5, 0.6) is 5.75 Å². The number of nitrogens with one attached hydrogen (secondary N) is 1. The molecule has 1 atom stereocenters. The summed E-state index contributed by atoms with van der Waals surface area (Å²) in [7, 11) is 0. The Balaban J connectivity index is 1.37. The highest BCUT2D eigenvalue weighted by Gasteiger charge is 2.39. The van der Waals surface area contributed by atoms with Crippen LogP contribution < -0.4 is 10.1 Å². The zero-order valence-electron chi connectivity index (χ0n) is 23.5. The summed E-state index contributed by atoms with van der Waals surface area (Å²) in [5.74, 6) is -0.783. The average molecular weight is 467 g/mol. The average Bonchev–Trinajstić information content (AvgIpc) is 3.22. The van der Waals surface area contributed by atoms with E-state index >= 15 is 0 Å².